The molecule has 3 aromatic rings. The van der Waals surface area contributed by atoms with Gasteiger partial charge in [0.25, 0.3) is 0 Å². The Balaban J connectivity index is 1.56. The van der Waals surface area contributed by atoms with E-state index in [9.17, 15) is 0 Å². The standard InChI is InChI=1S/C21H22N4OS/c1-16-5-3-6-17(13-16)15-25-12-4-7-19(25)14-22-24-21(27)23-18-8-10-20(26-2)11-9-18/h3-14H,15H2,1-2H3,(H2,23,24,27)/b22-14+. The van der Waals surface area contributed by atoms with Crippen LogP contribution in [0.4, 0.5) is 5.69 Å². The summed E-state index contributed by atoms with van der Waals surface area (Å²) >= 11 is 5.27. The number of nitrogens with one attached hydrogen (secondary N) is 2. The third kappa shape index (κ3) is 5.43. The molecule has 0 atom stereocenters. The zero-order chi connectivity index (χ0) is 19.1. The number of hydrazone groups is 1. The number of rotatable bonds is 6. The van der Waals surface area contributed by atoms with E-state index in [1.807, 2.05) is 42.6 Å². The fourth-order valence-electron chi connectivity index (χ4n) is 2.69. The van der Waals surface area contributed by atoms with Crippen molar-refractivity contribution in [2.75, 3.05) is 12.4 Å². The first-order chi connectivity index (χ1) is 13.1. The van der Waals surface area contributed by atoms with Crippen molar-refractivity contribution in [1.29, 1.82) is 0 Å². The molecule has 2 aromatic carbocycles. The molecule has 0 aliphatic rings. The topological polar surface area (TPSA) is 50.6 Å². The van der Waals surface area contributed by atoms with Gasteiger partial charge >= 0.3 is 0 Å². The molecule has 5 nitrogen and oxygen atoms in total. The molecule has 0 saturated carbocycles. The highest BCUT2D eigenvalue weighted by atomic mass is 32.1. The molecule has 0 aliphatic heterocycles. The largest absolute Gasteiger partial charge is 0.497 e. The van der Waals surface area contributed by atoms with Gasteiger partial charge in [0, 0.05) is 18.4 Å². The van der Waals surface area contributed by atoms with Crippen molar-refractivity contribution < 1.29 is 4.74 Å². The van der Waals surface area contributed by atoms with E-state index < -0.39 is 0 Å². The highest BCUT2D eigenvalue weighted by Gasteiger charge is 2.01. The molecule has 0 aliphatic carbocycles. The van der Waals surface area contributed by atoms with Crippen LogP contribution in [0.25, 0.3) is 0 Å². The van der Waals surface area contributed by atoms with Crippen LogP contribution >= 0.6 is 12.2 Å². The van der Waals surface area contributed by atoms with Crippen molar-refractivity contribution in [2.24, 2.45) is 5.10 Å². The monoisotopic (exact) mass is 378 g/mol. The second-order valence-corrected chi connectivity index (χ2v) is 6.51. The SMILES string of the molecule is COc1ccc(NC(=S)N/N=C/c2cccn2Cc2cccc(C)c2)cc1. The maximum absolute atomic E-state index is 5.27. The molecule has 0 unspecified atom stereocenters. The van der Waals surface area contributed by atoms with Crippen LogP contribution < -0.4 is 15.5 Å². The molecular weight excluding hydrogens is 356 g/mol. The van der Waals surface area contributed by atoms with Gasteiger partial charge in [0.05, 0.1) is 19.0 Å². The quantitative estimate of drug-likeness (QED) is 0.384. The van der Waals surface area contributed by atoms with Gasteiger partial charge in [-0.05, 0) is 61.1 Å². The van der Waals surface area contributed by atoms with E-state index in [-0.39, 0.29) is 0 Å². The lowest BCUT2D eigenvalue weighted by atomic mass is 10.1. The molecule has 0 bridgehead atoms. The number of anilines is 1. The summed E-state index contributed by atoms with van der Waals surface area (Å²) in [6, 6.07) is 20.0. The van der Waals surface area contributed by atoms with Crippen molar-refractivity contribution in [1.82, 2.24) is 9.99 Å². The first-order valence-corrected chi connectivity index (χ1v) is 8.99. The van der Waals surface area contributed by atoms with Crippen LogP contribution in [-0.2, 0) is 6.54 Å². The molecule has 3 rings (SSSR count). The lowest BCUT2D eigenvalue weighted by molar-refractivity contribution is 0.415. The zero-order valence-electron chi connectivity index (χ0n) is 15.3. The van der Waals surface area contributed by atoms with E-state index in [1.165, 1.54) is 11.1 Å². The molecule has 27 heavy (non-hydrogen) atoms. The Hall–Kier alpha value is -3.12. The van der Waals surface area contributed by atoms with E-state index in [2.05, 4.69) is 51.6 Å². The molecule has 0 spiro atoms. The number of aromatic nitrogens is 1. The normalized spacial score (nSPS) is 10.7. The number of methoxy groups -OCH3 is 1. The molecule has 0 fully saturated rings. The Morgan fingerprint density at radius 2 is 1.96 bits per heavy atom. The number of hydrogen-bond acceptors (Lipinski definition) is 3. The third-order valence-electron chi connectivity index (χ3n) is 4.01. The average Bonchev–Trinajstić information content (AvgIpc) is 3.09. The maximum Gasteiger partial charge on any atom is 0.191 e. The van der Waals surface area contributed by atoms with Crippen molar-refractivity contribution in [3.63, 3.8) is 0 Å². The molecule has 138 valence electrons. The van der Waals surface area contributed by atoms with Gasteiger partial charge in [-0.3, -0.25) is 5.43 Å². The first kappa shape index (κ1) is 18.7. The van der Waals surface area contributed by atoms with Crippen molar-refractivity contribution in [3.8, 4) is 5.75 Å². The molecule has 0 amide bonds. The van der Waals surface area contributed by atoms with E-state index in [0.717, 1.165) is 23.7 Å². The van der Waals surface area contributed by atoms with E-state index in [4.69, 9.17) is 17.0 Å². The van der Waals surface area contributed by atoms with Crippen LogP contribution in [0, 0.1) is 6.92 Å². The summed E-state index contributed by atoms with van der Waals surface area (Å²) < 4.78 is 7.28. The second kappa shape index (κ2) is 9.00. The maximum atomic E-state index is 5.27. The number of ether oxygens (including phenoxy) is 1. The second-order valence-electron chi connectivity index (χ2n) is 6.10. The summed E-state index contributed by atoms with van der Waals surface area (Å²) in [4.78, 5) is 0. The lowest BCUT2D eigenvalue weighted by Gasteiger charge is -2.09. The van der Waals surface area contributed by atoms with Gasteiger partial charge in [0.1, 0.15) is 5.75 Å². The van der Waals surface area contributed by atoms with E-state index in [0.29, 0.717) is 5.11 Å². The minimum absolute atomic E-state index is 0.424. The Kier molecular flexibility index (Phi) is 6.22. The number of benzene rings is 2. The summed E-state index contributed by atoms with van der Waals surface area (Å²) in [7, 11) is 1.64. The molecule has 0 radical (unpaired) electrons. The third-order valence-corrected chi connectivity index (χ3v) is 4.20. The fourth-order valence-corrected chi connectivity index (χ4v) is 2.86. The fraction of sp³-hybridized carbons (Fsp3) is 0.143. The average molecular weight is 379 g/mol. The Labute approximate surface area is 164 Å². The Morgan fingerprint density at radius 1 is 1.15 bits per heavy atom. The van der Waals surface area contributed by atoms with Gasteiger partial charge in [-0.1, -0.05) is 29.8 Å². The summed E-state index contributed by atoms with van der Waals surface area (Å²) in [5, 5.41) is 7.74. The predicted molar refractivity (Wildman–Crippen MR) is 115 cm³/mol. The van der Waals surface area contributed by atoms with Gasteiger partial charge in [-0.2, -0.15) is 5.10 Å². The summed E-state index contributed by atoms with van der Waals surface area (Å²) in [6.07, 6.45) is 3.80. The molecule has 1 aromatic heterocycles. The summed E-state index contributed by atoms with van der Waals surface area (Å²) in [6.45, 7) is 2.90. The van der Waals surface area contributed by atoms with Crippen molar-refractivity contribution in [3.05, 3.63) is 83.7 Å². The predicted octanol–water partition coefficient (Wildman–Crippen LogP) is 4.17. The first-order valence-electron chi connectivity index (χ1n) is 8.59. The van der Waals surface area contributed by atoms with Gasteiger partial charge < -0.3 is 14.6 Å². The van der Waals surface area contributed by atoms with Crippen molar-refractivity contribution >= 4 is 29.2 Å². The smallest absolute Gasteiger partial charge is 0.191 e. The van der Waals surface area contributed by atoms with Gasteiger partial charge in [-0.25, -0.2) is 0 Å². The summed E-state index contributed by atoms with van der Waals surface area (Å²) in [5.41, 5.74) is 7.22. The molecular formula is C21H22N4OS. The minimum Gasteiger partial charge on any atom is -0.497 e. The Bertz CT molecular complexity index is 931. The van der Waals surface area contributed by atoms with Crippen LogP contribution in [0.5, 0.6) is 5.75 Å². The number of thiocarbonyl (C=S) groups is 1. The highest BCUT2D eigenvalue weighted by Crippen LogP contribution is 2.14. The number of aryl methyl sites for hydroxylation is 1. The van der Waals surface area contributed by atoms with Crippen molar-refractivity contribution in [2.45, 2.75) is 13.5 Å². The molecule has 6 heteroatoms. The zero-order valence-corrected chi connectivity index (χ0v) is 16.2. The molecule has 0 saturated heterocycles. The van der Waals surface area contributed by atoms with Crippen LogP contribution in [0.1, 0.15) is 16.8 Å². The van der Waals surface area contributed by atoms with Gasteiger partial charge in [0.15, 0.2) is 5.11 Å². The van der Waals surface area contributed by atoms with E-state index in [1.54, 1.807) is 13.3 Å². The highest BCUT2D eigenvalue weighted by molar-refractivity contribution is 7.80. The number of nitrogens with zero attached hydrogens (tertiary/aromatic N) is 2. The van der Waals surface area contributed by atoms with Gasteiger partial charge in [0.2, 0.25) is 0 Å². The minimum atomic E-state index is 0.424. The Morgan fingerprint density at radius 3 is 2.70 bits per heavy atom. The van der Waals surface area contributed by atoms with Crippen LogP contribution in [0.2, 0.25) is 0 Å². The van der Waals surface area contributed by atoms with Gasteiger partial charge in [-0.15, -0.1) is 0 Å². The lowest BCUT2D eigenvalue weighted by Crippen LogP contribution is -2.24. The van der Waals surface area contributed by atoms with Crippen LogP contribution in [0.15, 0.2) is 72.0 Å². The summed E-state index contributed by atoms with van der Waals surface area (Å²) in [5.74, 6) is 0.798. The van der Waals surface area contributed by atoms with Crippen LogP contribution in [-0.4, -0.2) is 23.0 Å². The molecule has 1 heterocycles. The number of hydrogen-bond donors (Lipinski definition) is 2. The molecule has 2 N–H and O–H groups in total. The van der Waals surface area contributed by atoms with E-state index >= 15 is 0 Å². The van der Waals surface area contributed by atoms with Crippen LogP contribution in [0.3, 0.4) is 0 Å².